The standard InChI is InChI=1S/C18H29O/c1-12(2)9-13-10-14(17(3,4)5)16(19)15(11-13)18(6,7)8/h10-12,19H,1,9H2,2-8H3. The van der Waals surface area contributed by atoms with E-state index in [1.54, 1.807) is 0 Å². The van der Waals surface area contributed by atoms with Gasteiger partial charge in [0.05, 0.1) is 0 Å². The Balaban J connectivity index is 3.48. The van der Waals surface area contributed by atoms with Crippen molar-refractivity contribution in [3.63, 3.8) is 0 Å². The summed E-state index contributed by atoms with van der Waals surface area (Å²) in [6, 6.07) is 4.29. The zero-order valence-electron chi connectivity index (χ0n) is 13.6. The van der Waals surface area contributed by atoms with Gasteiger partial charge in [0.1, 0.15) is 5.75 Å². The lowest BCUT2D eigenvalue weighted by Crippen LogP contribution is -2.18. The molecule has 1 rings (SSSR count). The van der Waals surface area contributed by atoms with Crippen molar-refractivity contribution in [1.29, 1.82) is 0 Å². The molecule has 1 radical (unpaired) electrons. The summed E-state index contributed by atoms with van der Waals surface area (Å²) in [6.07, 6.45) is 0.951. The first kappa shape index (κ1) is 16.1. The minimum atomic E-state index is -0.0511. The summed E-state index contributed by atoms with van der Waals surface area (Å²) in [5, 5.41) is 10.6. The highest BCUT2D eigenvalue weighted by molar-refractivity contribution is 5.50. The third-order valence-corrected chi connectivity index (χ3v) is 3.37. The van der Waals surface area contributed by atoms with Gasteiger partial charge in [0, 0.05) is 0 Å². The van der Waals surface area contributed by atoms with E-state index in [1.165, 1.54) is 5.56 Å². The van der Waals surface area contributed by atoms with Crippen molar-refractivity contribution in [3.05, 3.63) is 35.7 Å². The van der Waals surface area contributed by atoms with Crippen LogP contribution in [0.5, 0.6) is 5.75 Å². The molecule has 0 amide bonds. The van der Waals surface area contributed by atoms with Crippen LogP contribution in [0.1, 0.15) is 65.2 Å². The largest absolute Gasteiger partial charge is 0.507 e. The van der Waals surface area contributed by atoms with Crippen LogP contribution in [0.3, 0.4) is 0 Å². The number of hydrogen-bond acceptors (Lipinski definition) is 1. The summed E-state index contributed by atoms with van der Waals surface area (Å²) in [4.78, 5) is 0. The molecule has 1 aromatic carbocycles. The molecule has 1 nitrogen and oxygen atoms in total. The predicted octanol–water partition coefficient (Wildman–Crippen LogP) is 5.00. The molecule has 0 fully saturated rings. The summed E-state index contributed by atoms with van der Waals surface area (Å²) in [7, 11) is 0. The van der Waals surface area contributed by atoms with Crippen LogP contribution in [0.15, 0.2) is 12.1 Å². The van der Waals surface area contributed by atoms with Crippen LogP contribution in [-0.4, -0.2) is 5.11 Å². The van der Waals surface area contributed by atoms with Crippen LogP contribution in [0.25, 0.3) is 0 Å². The number of rotatable bonds is 2. The number of benzene rings is 1. The maximum absolute atomic E-state index is 10.6. The molecule has 1 unspecified atom stereocenters. The van der Waals surface area contributed by atoms with Crippen LogP contribution in [0.4, 0.5) is 0 Å². The third-order valence-electron chi connectivity index (χ3n) is 3.37. The minimum absolute atomic E-state index is 0.0511. The molecule has 0 bridgehead atoms. The van der Waals surface area contributed by atoms with Crippen molar-refractivity contribution in [1.82, 2.24) is 0 Å². The van der Waals surface area contributed by atoms with Crippen molar-refractivity contribution >= 4 is 0 Å². The number of phenols is 1. The fourth-order valence-electron chi connectivity index (χ4n) is 2.36. The summed E-state index contributed by atoms with van der Waals surface area (Å²) < 4.78 is 0. The molecule has 0 spiro atoms. The van der Waals surface area contributed by atoms with Crippen LogP contribution in [0, 0.1) is 12.8 Å². The van der Waals surface area contributed by atoms with Crippen molar-refractivity contribution in [2.45, 2.75) is 65.7 Å². The fraction of sp³-hybridized carbons (Fsp3) is 0.611. The predicted molar refractivity (Wildman–Crippen MR) is 83.7 cm³/mol. The van der Waals surface area contributed by atoms with Crippen LogP contribution >= 0.6 is 0 Å². The second kappa shape index (κ2) is 5.19. The molecule has 1 heteroatoms. The lowest BCUT2D eigenvalue weighted by atomic mass is 9.77. The maximum Gasteiger partial charge on any atom is 0.123 e. The van der Waals surface area contributed by atoms with E-state index in [9.17, 15) is 5.11 Å². The van der Waals surface area contributed by atoms with Gasteiger partial charge >= 0.3 is 0 Å². The van der Waals surface area contributed by atoms with Gasteiger partial charge in [0.2, 0.25) is 0 Å². The van der Waals surface area contributed by atoms with Crippen molar-refractivity contribution < 1.29 is 5.11 Å². The van der Waals surface area contributed by atoms with Gasteiger partial charge in [-0.15, -0.1) is 0 Å². The number of hydrogen-bond donors (Lipinski definition) is 1. The molecule has 107 valence electrons. The fourth-order valence-corrected chi connectivity index (χ4v) is 2.36. The molecular formula is C18H29O. The van der Waals surface area contributed by atoms with Crippen molar-refractivity contribution in [2.75, 3.05) is 0 Å². The Morgan fingerprint density at radius 2 is 1.37 bits per heavy atom. The molecule has 0 aliphatic heterocycles. The molecular weight excluding hydrogens is 232 g/mol. The third kappa shape index (κ3) is 3.99. The number of aromatic hydroxyl groups is 1. The number of phenolic OH excluding ortho intramolecular Hbond substituents is 1. The average molecular weight is 261 g/mol. The quantitative estimate of drug-likeness (QED) is 0.794. The maximum atomic E-state index is 10.6. The monoisotopic (exact) mass is 261 g/mol. The van der Waals surface area contributed by atoms with Gasteiger partial charge in [-0.05, 0) is 39.9 Å². The lowest BCUT2D eigenvalue weighted by molar-refractivity contribution is 0.422. The Hall–Kier alpha value is -0.980. The first-order chi connectivity index (χ1) is 8.43. The molecule has 0 saturated heterocycles. The second-order valence-corrected chi connectivity index (χ2v) is 7.85. The highest BCUT2D eigenvalue weighted by Crippen LogP contribution is 2.40. The lowest BCUT2D eigenvalue weighted by Gasteiger charge is -2.28. The van der Waals surface area contributed by atoms with E-state index < -0.39 is 0 Å². The van der Waals surface area contributed by atoms with Gasteiger partial charge in [-0.1, -0.05) is 67.5 Å². The van der Waals surface area contributed by atoms with Crippen LogP contribution in [-0.2, 0) is 17.3 Å². The molecule has 19 heavy (non-hydrogen) atoms. The Kier molecular flexibility index (Phi) is 4.39. The van der Waals surface area contributed by atoms with Gasteiger partial charge < -0.3 is 5.11 Å². The molecule has 0 aliphatic rings. The Morgan fingerprint density at radius 1 is 1.00 bits per heavy atom. The van der Waals surface area contributed by atoms with Crippen LogP contribution in [0.2, 0.25) is 0 Å². The highest BCUT2D eigenvalue weighted by atomic mass is 16.3. The summed E-state index contributed by atoms with van der Waals surface area (Å²) in [5.41, 5.74) is 3.25. The van der Waals surface area contributed by atoms with Gasteiger partial charge in [0.25, 0.3) is 0 Å². The zero-order chi connectivity index (χ0) is 15.0. The van der Waals surface area contributed by atoms with Crippen LogP contribution < -0.4 is 0 Å². The second-order valence-electron chi connectivity index (χ2n) is 7.85. The summed E-state index contributed by atoms with van der Waals surface area (Å²) in [6.45, 7) is 19.1. The first-order valence-electron chi connectivity index (χ1n) is 7.13. The summed E-state index contributed by atoms with van der Waals surface area (Å²) >= 11 is 0. The SMILES string of the molecule is [CH2]C(C)Cc1cc(C(C)(C)C)c(O)c(C(C)(C)C)c1. The van der Waals surface area contributed by atoms with E-state index in [1.807, 2.05) is 0 Å². The molecule has 1 aromatic rings. The van der Waals surface area contributed by atoms with Gasteiger partial charge in [-0.2, -0.15) is 0 Å². The van der Waals surface area contributed by atoms with Crippen molar-refractivity contribution in [3.8, 4) is 5.75 Å². The Morgan fingerprint density at radius 3 is 1.63 bits per heavy atom. The Bertz CT molecular complexity index is 407. The normalized spacial score (nSPS) is 13.1. The Labute approximate surface area is 119 Å². The van der Waals surface area contributed by atoms with Crippen molar-refractivity contribution in [2.24, 2.45) is 5.92 Å². The smallest absolute Gasteiger partial charge is 0.123 e. The van der Waals surface area contributed by atoms with E-state index in [4.69, 9.17) is 0 Å². The van der Waals surface area contributed by atoms with Gasteiger partial charge in [-0.25, -0.2) is 0 Å². The van der Waals surface area contributed by atoms with E-state index in [0.717, 1.165) is 17.5 Å². The summed E-state index contributed by atoms with van der Waals surface area (Å²) in [5.74, 6) is 0.839. The molecule has 1 N–H and O–H groups in total. The van der Waals surface area contributed by atoms with E-state index in [0.29, 0.717) is 11.7 Å². The van der Waals surface area contributed by atoms with Gasteiger partial charge in [-0.3, -0.25) is 0 Å². The molecule has 0 aromatic heterocycles. The molecule has 0 heterocycles. The topological polar surface area (TPSA) is 20.2 Å². The molecule has 0 aliphatic carbocycles. The van der Waals surface area contributed by atoms with E-state index >= 15 is 0 Å². The average Bonchev–Trinajstić information content (AvgIpc) is 2.16. The molecule has 1 atom stereocenters. The zero-order valence-corrected chi connectivity index (χ0v) is 13.6. The van der Waals surface area contributed by atoms with E-state index in [2.05, 4.69) is 67.5 Å². The first-order valence-corrected chi connectivity index (χ1v) is 7.13. The molecule has 0 saturated carbocycles. The minimum Gasteiger partial charge on any atom is -0.507 e. The van der Waals surface area contributed by atoms with E-state index in [-0.39, 0.29) is 10.8 Å². The highest BCUT2D eigenvalue weighted by Gasteiger charge is 2.26. The van der Waals surface area contributed by atoms with Gasteiger partial charge in [0.15, 0.2) is 0 Å².